The number of hydrogen-bond donors (Lipinski definition) is 0. The molecule has 0 atom stereocenters. The van der Waals surface area contributed by atoms with Crippen molar-refractivity contribution < 1.29 is 14.0 Å². The zero-order chi connectivity index (χ0) is 17.3. The number of likely N-dealkylation sites (N-methyl/N-ethyl adjacent to an activating group) is 1. The summed E-state index contributed by atoms with van der Waals surface area (Å²) >= 11 is 0. The lowest BCUT2D eigenvalue weighted by Gasteiger charge is -2.34. The molecule has 0 aromatic heterocycles. The predicted octanol–water partition coefficient (Wildman–Crippen LogP) is 1.17. The smallest absolute Gasteiger partial charge is 0.243 e. The Balaban J connectivity index is 1.61. The molecule has 7 heteroatoms. The Morgan fingerprint density at radius 1 is 1.33 bits per heavy atom. The minimum absolute atomic E-state index is 0.00708. The number of anilines is 1. The molecule has 6 nitrogen and oxygen atoms in total. The number of benzene rings is 1. The van der Waals surface area contributed by atoms with Crippen molar-refractivity contribution in [2.24, 2.45) is 5.92 Å². The fourth-order valence-corrected chi connectivity index (χ4v) is 3.27. The number of rotatable bonds is 2. The van der Waals surface area contributed by atoms with E-state index in [1.165, 1.54) is 6.07 Å². The Morgan fingerprint density at radius 2 is 2.04 bits per heavy atom. The first-order valence-corrected chi connectivity index (χ1v) is 7.97. The van der Waals surface area contributed by atoms with E-state index >= 15 is 0 Å². The third kappa shape index (κ3) is 3.04. The first-order valence-electron chi connectivity index (χ1n) is 7.97. The van der Waals surface area contributed by atoms with Gasteiger partial charge in [-0.3, -0.25) is 9.59 Å². The van der Waals surface area contributed by atoms with Crippen LogP contribution in [0.3, 0.4) is 0 Å². The molecule has 0 radical (unpaired) electrons. The van der Waals surface area contributed by atoms with Crippen molar-refractivity contribution in [3.8, 4) is 6.07 Å². The molecule has 1 aromatic carbocycles. The van der Waals surface area contributed by atoms with Crippen molar-refractivity contribution in [1.29, 1.82) is 5.26 Å². The van der Waals surface area contributed by atoms with Crippen LogP contribution in [0.4, 0.5) is 10.1 Å². The highest BCUT2D eigenvalue weighted by Gasteiger charge is 2.34. The van der Waals surface area contributed by atoms with Crippen LogP contribution in [0.1, 0.15) is 18.4 Å². The summed E-state index contributed by atoms with van der Waals surface area (Å²) in [5, 5.41) is 8.80. The Kier molecular flexibility index (Phi) is 4.38. The SMILES string of the molecule is CN1CN(C(=O)C2CCN(c3ccc(C#N)cc3F)CC2)CC1=O. The van der Waals surface area contributed by atoms with E-state index in [-0.39, 0.29) is 24.3 Å². The summed E-state index contributed by atoms with van der Waals surface area (Å²) in [6.07, 6.45) is 1.26. The number of nitrogens with zero attached hydrogens (tertiary/aromatic N) is 4. The Morgan fingerprint density at radius 3 is 2.58 bits per heavy atom. The summed E-state index contributed by atoms with van der Waals surface area (Å²) in [5.74, 6) is -0.569. The summed E-state index contributed by atoms with van der Waals surface area (Å²) in [7, 11) is 1.69. The van der Waals surface area contributed by atoms with E-state index < -0.39 is 5.82 Å². The molecule has 0 saturated carbocycles. The van der Waals surface area contributed by atoms with E-state index in [1.54, 1.807) is 29.0 Å². The summed E-state index contributed by atoms with van der Waals surface area (Å²) < 4.78 is 14.1. The van der Waals surface area contributed by atoms with Gasteiger partial charge in [-0.1, -0.05) is 0 Å². The Labute approximate surface area is 140 Å². The van der Waals surface area contributed by atoms with Crippen molar-refractivity contribution in [3.63, 3.8) is 0 Å². The molecule has 2 aliphatic rings. The van der Waals surface area contributed by atoms with Crippen molar-refractivity contribution >= 4 is 17.5 Å². The Bertz CT molecular complexity index is 707. The van der Waals surface area contributed by atoms with Crippen molar-refractivity contribution in [1.82, 2.24) is 9.80 Å². The molecule has 2 saturated heterocycles. The lowest BCUT2D eigenvalue weighted by molar-refractivity contribution is -0.136. The first-order chi connectivity index (χ1) is 11.5. The van der Waals surface area contributed by atoms with E-state index in [0.29, 0.717) is 43.9 Å². The van der Waals surface area contributed by atoms with Gasteiger partial charge < -0.3 is 14.7 Å². The van der Waals surface area contributed by atoms with E-state index in [4.69, 9.17) is 5.26 Å². The van der Waals surface area contributed by atoms with Crippen LogP contribution in [0.5, 0.6) is 0 Å². The Hall–Kier alpha value is -2.62. The topological polar surface area (TPSA) is 67.7 Å². The number of piperidine rings is 1. The molecule has 0 bridgehead atoms. The fraction of sp³-hybridized carbons (Fsp3) is 0.471. The standard InChI is InChI=1S/C17H19FN4O2/c1-20-11-22(10-16(20)23)17(24)13-4-6-21(7-5-13)15-3-2-12(9-19)8-14(15)18/h2-3,8,13H,4-7,10-11H2,1H3. The quantitative estimate of drug-likeness (QED) is 0.816. The molecule has 3 rings (SSSR count). The van der Waals surface area contributed by atoms with Crippen molar-refractivity contribution in [3.05, 3.63) is 29.6 Å². The van der Waals surface area contributed by atoms with E-state index in [1.807, 2.05) is 11.0 Å². The van der Waals surface area contributed by atoms with Crippen LogP contribution in [-0.4, -0.2) is 55.0 Å². The highest BCUT2D eigenvalue weighted by atomic mass is 19.1. The molecule has 126 valence electrons. The summed E-state index contributed by atoms with van der Waals surface area (Å²) in [4.78, 5) is 29.1. The van der Waals surface area contributed by atoms with Gasteiger partial charge in [0.15, 0.2) is 0 Å². The monoisotopic (exact) mass is 330 g/mol. The third-order valence-electron chi connectivity index (χ3n) is 4.71. The van der Waals surface area contributed by atoms with Gasteiger partial charge >= 0.3 is 0 Å². The second-order valence-electron chi connectivity index (χ2n) is 6.31. The number of hydrogen-bond acceptors (Lipinski definition) is 4. The van der Waals surface area contributed by atoms with Gasteiger partial charge in [0.05, 0.1) is 24.0 Å². The maximum Gasteiger partial charge on any atom is 0.243 e. The normalized spacial score (nSPS) is 18.9. The molecule has 2 fully saturated rings. The molecule has 0 spiro atoms. The largest absolute Gasteiger partial charge is 0.369 e. The van der Waals surface area contributed by atoms with Gasteiger partial charge in [-0.05, 0) is 31.0 Å². The molecule has 24 heavy (non-hydrogen) atoms. The van der Waals surface area contributed by atoms with Crippen LogP contribution in [-0.2, 0) is 9.59 Å². The second kappa shape index (κ2) is 6.48. The second-order valence-corrected chi connectivity index (χ2v) is 6.31. The minimum atomic E-state index is -0.411. The third-order valence-corrected chi connectivity index (χ3v) is 4.71. The molecule has 2 amide bonds. The average molecular weight is 330 g/mol. The molecule has 0 unspecified atom stereocenters. The van der Waals surface area contributed by atoms with E-state index in [0.717, 1.165) is 0 Å². The van der Waals surface area contributed by atoms with Crippen LogP contribution in [0.2, 0.25) is 0 Å². The number of carbonyl (C=O) groups is 2. The molecule has 0 N–H and O–H groups in total. The lowest BCUT2D eigenvalue weighted by atomic mass is 9.95. The maximum absolute atomic E-state index is 14.1. The van der Waals surface area contributed by atoms with Crippen molar-refractivity contribution in [2.75, 3.05) is 38.3 Å². The van der Waals surface area contributed by atoms with Crippen LogP contribution in [0, 0.1) is 23.1 Å². The molecule has 2 aliphatic heterocycles. The maximum atomic E-state index is 14.1. The highest BCUT2D eigenvalue weighted by molar-refractivity contribution is 5.88. The van der Waals surface area contributed by atoms with E-state index in [2.05, 4.69) is 0 Å². The van der Waals surface area contributed by atoms with Crippen LogP contribution >= 0.6 is 0 Å². The molecule has 0 aliphatic carbocycles. The summed E-state index contributed by atoms with van der Waals surface area (Å²) in [5.41, 5.74) is 0.764. The average Bonchev–Trinajstić information content (AvgIpc) is 2.93. The van der Waals surface area contributed by atoms with Gasteiger partial charge in [0.1, 0.15) is 12.4 Å². The van der Waals surface area contributed by atoms with Gasteiger partial charge in [-0.2, -0.15) is 5.26 Å². The number of halogens is 1. The number of amides is 2. The summed E-state index contributed by atoms with van der Waals surface area (Å²) in [6, 6.07) is 6.37. The van der Waals surface area contributed by atoms with Gasteiger partial charge in [0.2, 0.25) is 11.8 Å². The van der Waals surface area contributed by atoms with Crippen LogP contribution < -0.4 is 4.90 Å². The van der Waals surface area contributed by atoms with Crippen molar-refractivity contribution in [2.45, 2.75) is 12.8 Å². The van der Waals surface area contributed by atoms with Gasteiger partial charge in [-0.25, -0.2) is 4.39 Å². The molecule has 1 aromatic rings. The molecule has 2 heterocycles. The van der Waals surface area contributed by atoms with Gasteiger partial charge in [-0.15, -0.1) is 0 Å². The van der Waals surface area contributed by atoms with Gasteiger partial charge in [0.25, 0.3) is 0 Å². The zero-order valence-electron chi connectivity index (χ0n) is 13.5. The van der Waals surface area contributed by atoms with Crippen LogP contribution in [0.15, 0.2) is 18.2 Å². The predicted molar refractivity (Wildman–Crippen MR) is 85.4 cm³/mol. The zero-order valence-corrected chi connectivity index (χ0v) is 13.5. The van der Waals surface area contributed by atoms with Crippen LogP contribution in [0.25, 0.3) is 0 Å². The first kappa shape index (κ1) is 16.2. The number of nitriles is 1. The lowest BCUT2D eigenvalue weighted by Crippen LogP contribution is -2.42. The van der Waals surface area contributed by atoms with E-state index in [9.17, 15) is 14.0 Å². The molecular formula is C17H19FN4O2. The minimum Gasteiger partial charge on any atom is -0.369 e. The fourth-order valence-electron chi connectivity index (χ4n) is 3.27. The highest BCUT2D eigenvalue weighted by Crippen LogP contribution is 2.27. The van der Waals surface area contributed by atoms with Gasteiger partial charge in [0, 0.05) is 26.1 Å². The summed E-state index contributed by atoms with van der Waals surface area (Å²) in [6.45, 7) is 1.66. The molecular weight excluding hydrogens is 311 g/mol. The number of carbonyl (C=O) groups excluding carboxylic acids is 2.